The van der Waals surface area contributed by atoms with Crippen LogP contribution in [-0.4, -0.2) is 122 Å². The molecule has 0 spiro atoms. The van der Waals surface area contributed by atoms with Crippen molar-refractivity contribution >= 4 is 75.3 Å². The summed E-state index contributed by atoms with van der Waals surface area (Å²) in [5.74, 6) is -17.5. The molecule has 1 heterocycles. The molecule has 0 amide bonds. The fourth-order valence-electron chi connectivity index (χ4n) is 12.1. The number of rotatable bonds is 27. The Morgan fingerprint density at radius 1 is 0.530 bits per heavy atom. The largest absolute Gasteiger partial charge is 0.461 e. The Balaban J connectivity index is 0.000000306. The molecule has 642 valence electrons. The fraction of sp³-hybridized carbons (Fsp3) is 0.639. The van der Waals surface area contributed by atoms with Crippen LogP contribution in [0, 0.1) is 55.7 Å². The molecule has 4 aromatic rings. The average molecular weight is 1650 g/mol. The van der Waals surface area contributed by atoms with Gasteiger partial charge in [-0.05, 0) is 205 Å². The van der Waals surface area contributed by atoms with Crippen molar-refractivity contribution in [2.45, 2.75) is 274 Å². The first-order valence-electron chi connectivity index (χ1n) is 38.1. The van der Waals surface area contributed by atoms with E-state index in [1.54, 1.807) is 34.6 Å². The van der Waals surface area contributed by atoms with Crippen molar-refractivity contribution in [1.29, 1.82) is 5.26 Å². The highest BCUT2D eigenvalue weighted by molar-refractivity contribution is 6.03. The summed E-state index contributed by atoms with van der Waals surface area (Å²) in [6, 6.07) is 24.2. The van der Waals surface area contributed by atoms with E-state index in [4.69, 9.17) is 18.9 Å². The minimum absolute atomic E-state index is 0.0751. The van der Waals surface area contributed by atoms with E-state index in [0.717, 1.165) is 50.7 Å². The third-order valence-corrected chi connectivity index (χ3v) is 21.7. The summed E-state index contributed by atoms with van der Waals surface area (Å²) in [6.07, 6.45) is -12.0. The number of halogens is 13. The van der Waals surface area contributed by atoms with Crippen molar-refractivity contribution in [2.75, 3.05) is 19.8 Å². The van der Waals surface area contributed by atoms with Crippen LogP contribution < -0.4 is 4.74 Å². The van der Waals surface area contributed by atoms with Crippen molar-refractivity contribution in [1.82, 2.24) is 0 Å². The van der Waals surface area contributed by atoms with Crippen LogP contribution in [0.2, 0.25) is 0 Å². The molecular formula is C83H106F13NO18. The van der Waals surface area contributed by atoms with Gasteiger partial charge in [0.1, 0.15) is 30.2 Å². The van der Waals surface area contributed by atoms with Gasteiger partial charge in [0.15, 0.2) is 30.8 Å². The first kappa shape index (κ1) is 98.6. The lowest BCUT2D eigenvalue weighted by Crippen LogP contribution is -2.47. The van der Waals surface area contributed by atoms with Gasteiger partial charge in [-0.25, -0.2) is 14.4 Å². The fourth-order valence-corrected chi connectivity index (χ4v) is 12.1. The molecule has 115 heavy (non-hydrogen) atoms. The van der Waals surface area contributed by atoms with E-state index in [2.05, 4.69) is 91.3 Å². The summed E-state index contributed by atoms with van der Waals surface area (Å²) in [5, 5.41) is 14.2. The highest BCUT2D eigenvalue weighted by atomic mass is 19.4. The van der Waals surface area contributed by atoms with E-state index in [9.17, 15) is 105 Å². The van der Waals surface area contributed by atoms with Crippen molar-refractivity contribution in [3.63, 3.8) is 0 Å². The summed E-state index contributed by atoms with van der Waals surface area (Å²) in [5.41, 5.74) is -5.13. The number of hydrogen-bond donors (Lipinski definition) is 0. The molecule has 7 atom stereocenters. The second-order valence-electron chi connectivity index (χ2n) is 32.1. The second-order valence-corrected chi connectivity index (χ2v) is 32.1. The maximum Gasteiger partial charge on any atom is 0.422 e. The van der Waals surface area contributed by atoms with E-state index in [1.165, 1.54) is 75.1 Å². The molecule has 3 saturated carbocycles. The van der Waals surface area contributed by atoms with Crippen LogP contribution >= 0.6 is 0 Å². The van der Waals surface area contributed by atoms with Crippen molar-refractivity contribution < 1.29 is 143 Å². The number of carbonyl (C=O) groups excluding carboxylic acids is 9. The molecule has 32 heteroatoms. The van der Waals surface area contributed by atoms with E-state index in [-0.39, 0.29) is 36.3 Å². The van der Waals surface area contributed by atoms with E-state index in [0.29, 0.717) is 44.2 Å². The Bertz CT molecular complexity index is 4010. The molecule has 4 fully saturated rings. The maximum atomic E-state index is 14.4. The normalized spacial score (nSPS) is 19.2. The van der Waals surface area contributed by atoms with Crippen molar-refractivity contribution in [2.24, 2.45) is 44.3 Å². The Hall–Kier alpha value is -8.79. The zero-order valence-corrected chi connectivity index (χ0v) is 67.9. The molecule has 1 saturated heterocycles. The molecule has 0 N–H and O–H groups in total. The van der Waals surface area contributed by atoms with Gasteiger partial charge < -0.3 is 42.6 Å². The van der Waals surface area contributed by atoms with E-state index in [1.807, 2.05) is 34.6 Å². The third-order valence-electron chi connectivity index (χ3n) is 21.7. The number of fused-ring (bicyclic) bond motifs is 3. The van der Waals surface area contributed by atoms with Crippen LogP contribution in [-0.2, 0) is 92.8 Å². The lowest BCUT2D eigenvalue weighted by Gasteiger charge is -2.40. The summed E-state index contributed by atoms with van der Waals surface area (Å²) in [4.78, 5) is 106. The number of nitrogens with zero attached hydrogens (tertiary/aromatic N) is 1. The summed E-state index contributed by atoms with van der Waals surface area (Å²) in [6.45, 7) is 24.9. The van der Waals surface area contributed by atoms with Gasteiger partial charge in [0.05, 0.1) is 45.1 Å². The number of benzene rings is 4. The standard InChI is InChI=1S/C26H30O2.C18H21F5O4.C15H19NO4.C14H21F5O4.C10H15F3O4/c1-4-25(2,3)24(27)28-26(16-10-5-11-17-26)23-21-14-8-6-12-19(21)18-20-13-7-9-15-22(20)23;1-5-13(27-14(24)16(3,4)6-2)17(19,20)15(25)26-12-9-7-11(8-10-12)18(21,22)23;1-4-14(2,3)12(17)19-10-8-5-9-11(10)20-13(18)15(9,6-8)7-16;1-5-9(23-10(20)12(3,4)6-2)14(18,19)11(21)22-8-7-13(15,16)17;1-4-9(2,3)8(15)16-5-7(14)17-6-10(11,12)13/h6-9,12-15,18H,4-5,10-11,16-17H2,1-3H3;7-10,13H,5-6H2,1-4H3;8-11H,4-6H2,1-3H3;9H,5-8H2,1-4H3;4-6H2,1-3H3. The number of nitriles is 1. The zero-order valence-electron chi connectivity index (χ0n) is 67.9. The second kappa shape index (κ2) is 39.4. The molecule has 1 aliphatic heterocycles. The summed E-state index contributed by atoms with van der Waals surface area (Å²) < 4.78 is 209. The van der Waals surface area contributed by atoms with Crippen LogP contribution in [0.25, 0.3) is 21.5 Å². The number of hydrogen-bond acceptors (Lipinski definition) is 19. The van der Waals surface area contributed by atoms with Crippen LogP contribution in [0.3, 0.4) is 0 Å². The monoisotopic (exact) mass is 1650 g/mol. The van der Waals surface area contributed by atoms with E-state index >= 15 is 0 Å². The third kappa shape index (κ3) is 25.6. The predicted molar refractivity (Wildman–Crippen MR) is 394 cm³/mol. The molecule has 8 rings (SSSR count). The number of alkyl halides is 13. The average Bonchev–Trinajstić information content (AvgIpc) is 1.55. The Kier molecular flexibility index (Phi) is 33.8. The molecule has 7 unspecified atom stereocenters. The molecule has 4 aliphatic rings. The van der Waals surface area contributed by atoms with Gasteiger partial charge in [0, 0.05) is 17.4 Å². The van der Waals surface area contributed by atoms with E-state index < -0.39 is 173 Å². The van der Waals surface area contributed by atoms with Crippen molar-refractivity contribution in [3.8, 4) is 11.8 Å². The van der Waals surface area contributed by atoms with Gasteiger partial charge in [-0.1, -0.05) is 103 Å². The minimum atomic E-state index is -4.63. The first-order valence-corrected chi connectivity index (χ1v) is 38.1. The smallest absolute Gasteiger partial charge is 0.422 e. The highest BCUT2D eigenvalue weighted by Crippen LogP contribution is 2.62. The molecule has 2 bridgehead atoms. The molecule has 3 aliphatic carbocycles. The molecule has 0 aromatic heterocycles. The van der Waals surface area contributed by atoms with Crippen LogP contribution in [0.15, 0.2) is 78.9 Å². The predicted octanol–water partition coefficient (Wildman–Crippen LogP) is 19.9. The lowest BCUT2D eigenvalue weighted by atomic mass is 9.74. The first-order chi connectivity index (χ1) is 52.9. The van der Waals surface area contributed by atoms with Gasteiger partial charge in [-0.3, -0.25) is 28.8 Å². The molecule has 19 nitrogen and oxygen atoms in total. The maximum absolute atomic E-state index is 14.4. The summed E-state index contributed by atoms with van der Waals surface area (Å²) >= 11 is 0. The van der Waals surface area contributed by atoms with Crippen LogP contribution in [0.5, 0.6) is 5.75 Å². The van der Waals surface area contributed by atoms with Gasteiger partial charge in [-0.15, -0.1) is 0 Å². The lowest BCUT2D eigenvalue weighted by molar-refractivity contribution is -0.205. The number of carbonyl (C=O) groups is 9. The van der Waals surface area contributed by atoms with Crippen LogP contribution in [0.1, 0.15) is 225 Å². The molecule has 4 aromatic carbocycles. The number of ether oxygens (including phenoxy) is 9. The molecule has 0 radical (unpaired) electrons. The zero-order chi connectivity index (χ0) is 87.7. The number of esters is 9. The minimum Gasteiger partial charge on any atom is -0.461 e. The van der Waals surface area contributed by atoms with Gasteiger partial charge >= 0.3 is 84.1 Å². The highest BCUT2D eigenvalue weighted by Gasteiger charge is 2.72. The Morgan fingerprint density at radius 2 is 0.974 bits per heavy atom. The quantitative estimate of drug-likeness (QED) is 0.0177. The van der Waals surface area contributed by atoms with Gasteiger partial charge in [0.25, 0.3) is 0 Å². The SMILES string of the molecule is CCC(C)(C)C(=O)OC1(c2c3ccccc3cc3ccccc23)CCCCC1.CCC(C)(C)C(=O)OC1C2CC3C1OC(=O)C3(C#N)C2.CCC(C)(C)C(=O)OCC(=O)OCC(F)(F)F.CCC(OC(=O)C(C)(C)CC)C(F)(F)C(=O)OCCC(F)(F)F.CCC(OC(=O)C(C)(C)CC)C(F)(F)C(=O)Oc1ccc(C(F)(F)F)cc1. The Labute approximate surface area is 661 Å². The molecular weight excluding hydrogens is 1550 g/mol. The summed E-state index contributed by atoms with van der Waals surface area (Å²) in [7, 11) is 0. The topological polar surface area (TPSA) is 260 Å². The van der Waals surface area contributed by atoms with Crippen molar-refractivity contribution in [3.05, 3.63) is 90.0 Å². The van der Waals surface area contributed by atoms with Gasteiger partial charge in [0.2, 0.25) is 0 Å². The van der Waals surface area contributed by atoms with Crippen LogP contribution in [0.4, 0.5) is 57.1 Å². The van der Waals surface area contributed by atoms with Gasteiger partial charge in [-0.2, -0.15) is 62.3 Å². The Morgan fingerprint density at radius 3 is 1.41 bits per heavy atom.